The fourth-order valence-corrected chi connectivity index (χ4v) is 14.6. The number of hydrogen-bond donors (Lipinski definition) is 2. The molecule has 0 aliphatic carbocycles. The summed E-state index contributed by atoms with van der Waals surface area (Å²) in [5.74, 6) is 1.98. The highest BCUT2D eigenvalue weighted by atomic mass is 32.1. The number of benzene rings is 3. The second kappa shape index (κ2) is 25.5. The van der Waals surface area contributed by atoms with Crippen molar-refractivity contribution in [3.05, 3.63) is 101 Å². The molecule has 0 saturated carbocycles. The lowest BCUT2D eigenvalue weighted by molar-refractivity contribution is -0.141. The Hall–Kier alpha value is -8.00. The molecule has 2 N–H and O–H groups in total. The van der Waals surface area contributed by atoms with E-state index < -0.39 is 29.2 Å². The number of terminal acetylenes is 1. The predicted molar refractivity (Wildman–Crippen MR) is 338 cm³/mol. The van der Waals surface area contributed by atoms with E-state index in [1.165, 1.54) is 30.5 Å². The number of hydrogen-bond acceptors (Lipinski definition) is 17. The molecule has 5 fully saturated rings. The number of aromatic nitrogens is 5. The van der Waals surface area contributed by atoms with Gasteiger partial charge >= 0.3 is 12.1 Å². The van der Waals surface area contributed by atoms with Gasteiger partial charge < -0.3 is 39.1 Å². The third kappa shape index (κ3) is 12.8. The van der Waals surface area contributed by atoms with Crippen LogP contribution in [0.5, 0.6) is 11.8 Å². The molecule has 2 bridgehead atoms. The zero-order chi connectivity index (χ0) is 62.4. The highest BCUT2D eigenvalue weighted by molar-refractivity contribution is 7.13. The summed E-state index contributed by atoms with van der Waals surface area (Å²) in [7, 11) is 0. The van der Waals surface area contributed by atoms with Gasteiger partial charge in [-0.15, -0.1) is 17.8 Å². The van der Waals surface area contributed by atoms with Crippen LogP contribution in [0.1, 0.15) is 115 Å². The number of halogens is 2. The molecule has 5 aliphatic rings. The number of aromatic hydroxyl groups is 1. The van der Waals surface area contributed by atoms with Gasteiger partial charge in [0.1, 0.15) is 52.8 Å². The van der Waals surface area contributed by atoms with Gasteiger partial charge in [-0.25, -0.2) is 18.6 Å². The van der Waals surface area contributed by atoms with Crippen molar-refractivity contribution >= 4 is 62.6 Å². The number of phenolic OH excluding ortho intramolecular Hbond substituents is 1. The maximum absolute atomic E-state index is 17.4. The largest absolute Gasteiger partial charge is 0.508 e. The Balaban J connectivity index is 0.652. The third-order valence-corrected chi connectivity index (χ3v) is 19.4. The lowest BCUT2D eigenvalue weighted by atomic mass is 9.91. The van der Waals surface area contributed by atoms with Crippen LogP contribution >= 0.6 is 11.3 Å². The lowest BCUT2D eigenvalue weighted by Crippen LogP contribution is -2.57. The smallest absolute Gasteiger partial charge is 0.410 e. The molecule has 5 atom stereocenters. The van der Waals surface area contributed by atoms with Crippen molar-refractivity contribution in [3.8, 4) is 45.8 Å². The number of anilines is 2. The van der Waals surface area contributed by atoms with Gasteiger partial charge in [-0.1, -0.05) is 55.3 Å². The Morgan fingerprint density at radius 1 is 0.888 bits per heavy atom. The zero-order valence-electron chi connectivity index (χ0n) is 51.7. The van der Waals surface area contributed by atoms with E-state index >= 15 is 8.78 Å². The Morgan fingerprint density at radius 2 is 1.63 bits per heavy atom. The summed E-state index contributed by atoms with van der Waals surface area (Å²) in [5.41, 5.74) is 4.06. The van der Waals surface area contributed by atoms with E-state index in [2.05, 4.69) is 58.2 Å². The van der Waals surface area contributed by atoms with Crippen molar-refractivity contribution in [1.82, 2.24) is 50.0 Å². The van der Waals surface area contributed by atoms with E-state index in [0.717, 1.165) is 105 Å². The number of likely N-dealkylation sites (tertiary alicyclic amines) is 2. The van der Waals surface area contributed by atoms with E-state index in [1.54, 1.807) is 16.2 Å². The van der Waals surface area contributed by atoms with Crippen molar-refractivity contribution in [2.45, 2.75) is 123 Å². The molecule has 3 amide bonds. The molecule has 9 heterocycles. The maximum atomic E-state index is 17.4. The first-order valence-electron chi connectivity index (χ1n) is 31.2. The van der Waals surface area contributed by atoms with Crippen molar-refractivity contribution in [1.29, 1.82) is 0 Å². The van der Waals surface area contributed by atoms with Gasteiger partial charge in [0, 0.05) is 82.1 Å². The van der Waals surface area contributed by atoms with Crippen LogP contribution in [-0.4, -0.2) is 170 Å². The summed E-state index contributed by atoms with van der Waals surface area (Å²) in [6.45, 7) is 21.7. The van der Waals surface area contributed by atoms with Crippen LogP contribution in [0.4, 0.5) is 25.2 Å². The molecule has 4 aromatic heterocycles. The van der Waals surface area contributed by atoms with Gasteiger partial charge in [-0.05, 0) is 133 Å². The average molecular weight is 1230 g/mol. The highest BCUT2D eigenvalue weighted by Crippen LogP contribution is 2.42. The zero-order valence-corrected chi connectivity index (χ0v) is 52.5. The first-order valence-corrected chi connectivity index (χ1v) is 32.1. The molecule has 7 aromatic rings. The Labute approximate surface area is 521 Å². The maximum Gasteiger partial charge on any atom is 0.410 e. The summed E-state index contributed by atoms with van der Waals surface area (Å²) < 4.78 is 50.7. The predicted octanol–water partition coefficient (Wildman–Crippen LogP) is 10.3. The van der Waals surface area contributed by atoms with Gasteiger partial charge in [0.25, 0.3) is 0 Å². The molecule has 22 heteroatoms. The molecule has 5 saturated heterocycles. The standard InChI is InChI=1S/C67H78F2N12O7S/c1-9-49-52(68)19-16-45-31-48(82)32-50(57(45)49)59-58(69)60-51(34-70-59)62(79-36-46-17-18-47(37-79)81(46)66(85)87-67(6,7)8)74-65(73-60)86-30-29-76-23-20-42(21-24-76)35-77-25-27-78(28-26-77)55-33-54(88-75-55)56(39(2)3)64(84)80-22-10-11-53(80)63(83)72-40(4)43-12-14-44(15-13-43)61-41(5)71-38-89-61/h1,12-16,19,31-34,38-40,42,46-47,53,56,82H,10-11,17-18,20-30,35-37H2,2-8H3,(H,72,83). The van der Waals surface area contributed by atoms with Gasteiger partial charge in [0.15, 0.2) is 17.4 Å². The molecule has 0 spiro atoms. The number of phenols is 1. The van der Waals surface area contributed by atoms with E-state index in [0.29, 0.717) is 60.9 Å². The van der Waals surface area contributed by atoms with E-state index in [1.807, 2.05) is 82.0 Å². The lowest BCUT2D eigenvalue weighted by Gasteiger charge is -2.42. The van der Waals surface area contributed by atoms with Crippen LogP contribution in [0.25, 0.3) is 43.4 Å². The molecule has 5 unspecified atom stereocenters. The molecule has 12 rings (SSSR count). The molecule has 5 aliphatic heterocycles. The van der Waals surface area contributed by atoms with Crippen LogP contribution in [0.3, 0.4) is 0 Å². The number of pyridine rings is 1. The topological polar surface area (TPSA) is 199 Å². The normalized spacial score (nSPS) is 20.2. The van der Waals surface area contributed by atoms with Gasteiger partial charge in [-0.2, -0.15) is 9.97 Å². The fraction of sp³-hybridized carbons (Fsp3) is 0.493. The van der Waals surface area contributed by atoms with Gasteiger partial charge in [0.05, 0.1) is 45.2 Å². The van der Waals surface area contributed by atoms with Crippen LogP contribution in [-0.2, 0) is 14.3 Å². The van der Waals surface area contributed by atoms with Crippen LogP contribution in [0, 0.1) is 42.7 Å². The summed E-state index contributed by atoms with van der Waals surface area (Å²) in [5, 5.41) is 19.5. The van der Waals surface area contributed by atoms with Crippen molar-refractivity contribution in [3.63, 3.8) is 0 Å². The number of piperazine rings is 2. The number of rotatable bonds is 16. The first kappa shape index (κ1) is 61.2. The van der Waals surface area contributed by atoms with E-state index in [9.17, 15) is 19.5 Å². The van der Waals surface area contributed by atoms with Crippen molar-refractivity contribution in [2.24, 2.45) is 11.8 Å². The number of amides is 3. The number of piperidine rings is 1. The van der Waals surface area contributed by atoms with Gasteiger partial charge in [-0.3, -0.25) is 29.3 Å². The number of aryl methyl sites for hydroxylation is 1. The average Bonchev–Trinajstić information content (AvgIpc) is 1.11. The number of ether oxygens (including phenoxy) is 2. The first-order chi connectivity index (χ1) is 42.8. The minimum Gasteiger partial charge on any atom is -0.508 e. The monoisotopic (exact) mass is 1230 g/mol. The molecular weight excluding hydrogens is 1150 g/mol. The Kier molecular flexibility index (Phi) is 17.5. The molecule has 19 nitrogen and oxygen atoms in total. The molecule has 0 radical (unpaired) electrons. The SMILES string of the molecule is C#Cc1c(F)ccc2cc(O)cc(-c3ncc4c(N5CC6CCC(C5)N6C(=O)OC(C)(C)C)nc(OCCN5CCC(CN6CCN(c7cc(C(C(=O)N8CCCC8C(=O)NC(C)c8ccc(-c9scnc9C)cc8)C(C)C)on7)CC6)CC5)nc4c3F)c12. The van der Waals surface area contributed by atoms with Crippen LogP contribution < -0.4 is 19.9 Å². The minimum absolute atomic E-state index is 0.0188. The Morgan fingerprint density at radius 3 is 2.31 bits per heavy atom. The van der Waals surface area contributed by atoms with E-state index in [4.69, 9.17) is 25.4 Å². The van der Waals surface area contributed by atoms with E-state index in [-0.39, 0.29) is 88.0 Å². The molecule has 89 heavy (non-hydrogen) atoms. The second-order valence-electron chi connectivity index (χ2n) is 25.9. The Bertz CT molecular complexity index is 3800. The number of nitrogens with zero attached hydrogens (tertiary/aromatic N) is 11. The number of nitrogens with one attached hydrogen (secondary N) is 1. The second-order valence-corrected chi connectivity index (χ2v) is 26.7. The highest BCUT2D eigenvalue weighted by Gasteiger charge is 2.46. The molecular formula is C67H78F2N12O7S. The van der Waals surface area contributed by atoms with Crippen LogP contribution in [0.2, 0.25) is 0 Å². The summed E-state index contributed by atoms with van der Waals surface area (Å²) in [4.78, 5) is 74.1. The number of thiazole rings is 1. The fourth-order valence-electron chi connectivity index (χ4n) is 13.8. The van der Waals surface area contributed by atoms with Crippen LogP contribution in [0.15, 0.2) is 70.8 Å². The quantitative estimate of drug-likeness (QED) is 0.0866. The minimum atomic E-state index is -0.812. The molecule has 468 valence electrons. The number of fused-ring (bicyclic) bond motifs is 4. The number of carbonyl (C=O) groups excluding carboxylic acids is 3. The van der Waals surface area contributed by atoms with Crippen molar-refractivity contribution in [2.75, 3.05) is 88.4 Å². The summed E-state index contributed by atoms with van der Waals surface area (Å²) in [6, 6.07) is 14.4. The van der Waals surface area contributed by atoms with Crippen molar-refractivity contribution < 1.29 is 42.3 Å². The summed E-state index contributed by atoms with van der Waals surface area (Å²) in [6.07, 6.45) is 11.8. The summed E-state index contributed by atoms with van der Waals surface area (Å²) >= 11 is 1.61. The number of carbonyl (C=O) groups is 3. The van der Waals surface area contributed by atoms with Gasteiger partial charge in [0.2, 0.25) is 11.8 Å². The third-order valence-electron chi connectivity index (χ3n) is 18.4. The molecule has 3 aromatic carbocycles.